The number of amides is 1. The second kappa shape index (κ2) is 8.49. The van der Waals surface area contributed by atoms with Gasteiger partial charge in [-0.3, -0.25) is 9.36 Å². The molecule has 3 heterocycles. The van der Waals surface area contributed by atoms with Gasteiger partial charge in [0, 0.05) is 43.5 Å². The summed E-state index contributed by atoms with van der Waals surface area (Å²) in [6, 6.07) is 5.75. The van der Waals surface area contributed by atoms with Crippen molar-refractivity contribution < 1.29 is 9.53 Å². The zero-order chi connectivity index (χ0) is 22.1. The maximum absolute atomic E-state index is 12.0. The van der Waals surface area contributed by atoms with Crippen LogP contribution in [0.1, 0.15) is 41.7 Å². The molecule has 2 aliphatic rings. The smallest absolute Gasteiger partial charge is 0.251 e. The van der Waals surface area contributed by atoms with Gasteiger partial charge >= 0.3 is 0 Å². The fourth-order valence-corrected chi connectivity index (χ4v) is 4.65. The third-order valence-corrected chi connectivity index (χ3v) is 6.31. The lowest BCUT2D eigenvalue weighted by Crippen LogP contribution is -2.35. The van der Waals surface area contributed by atoms with Crippen molar-refractivity contribution in [2.75, 3.05) is 30.9 Å². The number of nitrogens with zero attached hydrogens (tertiary/aromatic N) is 5. The number of nitrogens with one attached hydrogen (secondary N) is 2. The molecule has 0 spiro atoms. The molecule has 1 fully saturated rings. The Morgan fingerprint density at radius 2 is 2.06 bits per heavy atom. The van der Waals surface area contributed by atoms with E-state index in [0.717, 1.165) is 24.5 Å². The molecule has 0 saturated heterocycles. The van der Waals surface area contributed by atoms with Crippen molar-refractivity contribution in [3.63, 3.8) is 0 Å². The summed E-state index contributed by atoms with van der Waals surface area (Å²) >= 11 is 0. The molecule has 0 bridgehead atoms. The first-order valence-electron chi connectivity index (χ1n) is 11.0. The number of rotatable bonds is 5. The zero-order valence-corrected chi connectivity index (χ0v) is 18.3. The number of fused-ring (bicyclic) bond motifs is 3. The third kappa shape index (κ3) is 3.63. The Morgan fingerprint density at radius 3 is 2.84 bits per heavy atom. The molecule has 32 heavy (non-hydrogen) atoms. The van der Waals surface area contributed by atoms with Crippen LogP contribution in [0.25, 0.3) is 5.69 Å². The van der Waals surface area contributed by atoms with Crippen molar-refractivity contribution in [3.8, 4) is 11.4 Å². The molecule has 1 aliphatic heterocycles. The first-order chi connectivity index (χ1) is 15.7. The van der Waals surface area contributed by atoms with Gasteiger partial charge < -0.3 is 20.3 Å². The molecule has 1 amide bonds. The van der Waals surface area contributed by atoms with Gasteiger partial charge in [-0.25, -0.2) is 9.97 Å². The van der Waals surface area contributed by atoms with Crippen molar-refractivity contribution >= 4 is 23.4 Å². The summed E-state index contributed by atoms with van der Waals surface area (Å²) in [5.41, 5.74) is 3.35. The first-order valence-corrected chi connectivity index (χ1v) is 11.0. The minimum atomic E-state index is -0.167. The summed E-state index contributed by atoms with van der Waals surface area (Å²) in [4.78, 5) is 28.3. The Kier molecular flexibility index (Phi) is 5.38. The highest BCUT2D eigenvalue weighted by atomic mass is 16.5. The number of aromatic nitrogens is 4. The molecule has 1 aliphatic carbocycles. The highest BCUT2D eigenvalue weighted by molar-refractivity contribution is 5.95. The lowest BCUT2D eigenvalue weighted by Gasteiger charge is -2.30. The number of ether oxygens (including phenoxy) is 1. The number of carbonyl (C=O) groups excluding carboxylic acids is 1. The van der Waals surface area contributed by atoms with Gasteiger partial charge in [0.05, 0.1) is 25.3 Å². The van der Waals surface area contributed by atoms with Crippen LogP contribution in [0, 0.1) is 0 Å². The summed E-state index contributed by atoms with van der Waals surface area (Å²) in [7, 11) is 3.18. The lowest BCUT2D eigenvalue weighted by atomic mass is 10.1. The van der Waals surface area contributed by atoms with Gasteiger partial charge in [0.2, 0.25) is 5.95 Å². The fourth-order valence-electron chi connectivity index (χ4n) is 4.65. The lowest BCUT2D eigenvalue weighted by molar-refractivity contribution is 0.0963. The van der Waals surface area contributed by atoms with Gasteiger partial charge in [0.1, 0.15) is 11.4 Å². The summed E-state index contributed by atoms with van der Waals surface area (Å²) in [6.07, 6.45) is 11.4. The maximum Gasteiger partial charge on any atom is 0.251 e. The molecule has 0 atom stereocenters. The number of anilines is 3. The molecule has 2 aromatic heterocycles. The predicted molar refractivity (Wildman–Crippen MR) is 122 cm³/mol. The van der Waals surface area contributed by atoms with Gasteiger partial charge in [-0.05, 0) is 31.0 Å². The second-order valence-electron chi connectivity index (χ2n) is 8.16. The summed E-state index contributed by atoms with van der Waals surface area (Å²) in [6.45, 7) is 0.907. The van der Waals surface area contributed by atoms with E-state index in [-0.39, 0.29) is 5.91 Å². The SMILES string of the molecule is CNC(=O)c1ccc(Nc2ncc3c(n2)N(C2CCCC2)CCc2cncn2-3)c(OC)c1. The Balaban J connectivity index is 1.51. The van der Waals surface area contributed by atoms with E-state index >= 15 is 0 Å². The maximum atomic E-state index is 12.0. The average molecular weight is 434 g/mol. The van der Waals surface area contributed by atoms with E-state index in [1.165, 1.54) is 31.4 Å². The quantitative estimate of drug-likeness (QED) is 0.638. The van der Waals surface area contributed by atoms with Gasteiger partial charge in [0.25, 0.3) is 5.91 Å². The topological polar surface area (TPSA) is 97.2 Å². The highest BCUT2D eigenvalue weighted by Gasteiger charge is 2.29. The number of methoxy groups -OCH3 is 1. The highest BCUT2D eigenvalue weighted by Crippen LogP contribution is 2.35. The van der Waals surface area contributed by atoms with Crippen LogP contribution >= 0.6 is 0 Å². The number of hydrogen-bond donors (Lipinski definition) is 2. The van der Waals surface area contributed by atoms with Crippen LogP contribution in [-0.4, -0.2) is 52.2 Å². The molecule has 1 saturated carbocycles. The predicted octanol–water partition coefficient (Wildman–Crippen LogP) is 3.08. The van der Waals surface area contributed by atoms with Crippen molar-refractivity contribution in [1.82, 2.24) is 24.8 Å². The van der Waals surface area contributed by atoms with Gasteiger partial charge in [0.15, 0.2) is 5.82 Å². The summed E-state index contributed by atoms with van der Waals surface area (Å²) in [5.74, 6) is 1.79. The van der Waals surface area contributed by atoms with Gasteiger partial charge in [-0.1, -0.05) is 12.8 Å². The minimum Gasteiger partial charge on any atom is -0.495 e. The van der Waals surface area contributed by atoms with E-state index in [1.807, 2.05) is 18.7 Å². The molecule has 9 nitrogen and oxygen atoms in total. The zero-order valence-electron chi connectivity index (χ0n) is 18.3. The van der Waals surface area contributed by atoms with E-state index in [2.05, 4.69) is 30.1 Å². The van der Waals surface area contributed by atoms with Crippen LogP contribution < -0.4 is 20.3 Å². The Bertz CT molecular complexity index is 1140. The third-order valence-electron chi connectivity index (χ3n) is 6.31. The Morgan fingerprint density at radius 1 is 1.22 bits per heavy atom. The molecule has 9 heteroatoms. The molecule has 166 valence electrons. The molecule has 1 aromatic carbocycles. The average Bonchev–Trinajstić information content (AvgIpc) is 3.50. The number of imidazole rings is 1. The van der Waals surface area contributed by atoms with Crippen LogP contribution in [-0.2, 0) is 6.42 Å². The van der Waals surface area contributed by atoms with Crippen LogP contribution in [0.5, 0.6) is 5.75 Å². The van der Waals surface area contributed by atoms with Crippen molar-refractivity contribution in [1.29, 1.82) is 0 Å². The molecule has 2 N–H and O–H groups in total. The van der Waals surface area contributed by atoms with Gasteiger partial charge in [-0.15, -0.1) is 0 Å². The monoisotopic (exact) mass is 433 g/mol. The van der Waals surface area contributed by atoms with Crippen LogP contribution in [0.3, 0.4) is 0 Å². The van der Waals surface area contributed by atoms with Crippen molar-refractivity contribution in [3.05, 3.63) is 48.2 Å². The van der Waals surface area contributed by atoms with E-state index < -0.39 is 0 Å². The van der Waals surface area contributed by atoms with E-state index in [0.29, 0.717) is 29.0 Å². The number of hydrogen-bond acceptors (Lipinski definition) is 7. The van der Waals surface area contributed by atoms with Gasteiger partial charge in [-0.2, -0.15) is 4.98 Å². The van der Waals surface area contributed by atoms with Crippen molar-refractivity contribution in [2.24, 2.45) is 0 Å². The summed E-state index contributed by atoms with van der Waals surface area (Å²) < 4.78 is 7.59. The molecule has 5 rings (SSSR count). The van der Waals surface area contributed by atoms with Crippen LogP contribution in [0.2, 0.25) is 0 Å². The molecule has 0 unspecified atom stereocenters. The van der Waals surface area contributed by atoms with Crippen molar-refractivity contribution in [2.45, 2.75) is 38.1 Å². The molecular weight excluding hydrogens is 406 g/mol. The van der Waals surface area contributed by atoms with Crippen LogP contribution in [0.4, 0.5) is 17.5 Å². The minimum absolute atomic E-state index is 0.167. The Labute approximate surface area is 186 Å². The Hall–Kier alpha value is -3.62. The summed E-state index contributed by atoms with van der Waals surface area (Å²) in [5, 5.41) is 5.90. The number of benzene rings is 1. The second-order valence-corrected chi connectivity index (χ2v) is 8.16. The molecular formula is C23H27N7O2. The van der Waals surface area contributed by atoms with E-state index in [9.17, 15) is 4.79 Å². The van der Waals surface area contributed by atoms with E-state index in [4.69, 9.17) is 9.72 Å². The molecule has 0 radical (unpaired) electrons. The largest absolute Gasteiger partial charge is 0.495 e. The first kappa shape index (κ1) is 20.3. The standard InChI is InChI=1S/C23H27N7O2/c1-24-22(31)15-7-8-18(20(11-15)32-2)27-23-26-13-19-21(28-23)29(16-5-3-4-6-16)10-9-17-12-25-14-30(17)19/h7-8,11-14,16H,3-6,9-10H2,1-2H3,(H,24,31)(H,26,27,28). The molecule has 3 aromatic rings. The normalized spacial score (nSPS) is 15.6. The van der Waals surface area contributed by atoms with E-state index in [1.54, 1.807) is 32.4 Å². The number of carbonyl (C=O) groups is 1. The van der Waals surface area contributed by atoms with Crippen LogP contribution in [0.15, 0.2) is 36.9 Å². The fraction of sp³-hybridized carbons (Fsp3) is 0.391.